The van der Waals surface area contributed by atoms with Gasteiger partial charge in [-0.05, 0) is 43.9 Å². The molecule has 2 rings (SSSR count). The van der Waals surface area contributed by atoms with E-state index in [0.29, 0.717) is 16.7 Å². The van der Waals surface area contributed by atoms with E-state index in [1.165, 1.54) is 5.56 Å². The highest BCUT2D eigenvalue weighted by molar-refractivity contribution is 6.35. The van der Waals surface area contributed by atoms with Crippen molar-refractivity contribution in [2.24, 2.45) is 0 Å². The third-order valence-corrected chi connectivity index (χ3v) is 3.96. The van der Waals surface area contributed by atoms with Gasteiger partial charge in [0.25, 0.3) is 0 Å². The minimum atomic E-state index is 0. The number of hydrogen-bond acceptors (Lipinski definition) is 3. The molecule has 1 N–H and O–H groups in total. The van der Waals surface area contributed by atoms with Crippen molar-refractivity contribution in [3.05, 3.63) is 63.6 Å². The third kappa shape index (κ3) is 9.00. The summed E-state index contributed by atoms with van der Waals surface area (Å²) in [5, 5.41) is 4.67. The molecule has 0 aliphatic heterocycles. The van der Waals surface area contributed by atoms with Gasteiger partial charge in [0.1, 0.15) is 12.4 Å². The van der Waals surface area contributed by atoms with Gasteiger partial charge in [0, 0.05) is 35.2 Å². The van der Waals surface area contributed by atoms with Crippen LogP contribution in [0.5, 0.6) is 5.75 Å². The summed E-state index contributed by atoms with van der Waals surface area (Å²) < 4.78 is 5.83. The minimum absolute atomic E-state index is 0. The molecule has 3 nitrogen and oxygen atoms in total. The molecule has 25 heavy (non-hydrogen) atoms. The normalized spacial score (nSPS) is 10.1. The number of hydrogen-bond donors (Lipinski definition) is 1. The van der Waals surface area contributed by atoms with Gasteiger partial charge in [0.05, 0.1) is 0 Å². The van der Waals surface area contributed by atoms with E-state index in [4.69, 9.17) is 27.9 Å². The summed E-state index contributed by atoms with van der Waals surface area (Å²) in [4.78, 5) is 2.16. The minimum Gasteiger partial charge on any atom is -0.489 e. The predicted molar refractivity (Wildman–Crippen MR) is 112 cm³/mol. The number of benzene rings is 2. The molecule has 0 aliphatic carbocycles. The van der Waals surface area contributed by atoms with Gasteiger partial charge in [-0.15, -0.1) is 24.8 Å². The Morgan fingerprint density at radius 2 is 1.80 bits per heavy atom. The molecule has 0 radical (unpaired) electrons. The van der Waals surface area contributed by atoms with Crippen molar-refractivity contribution < 1.29 is 4.74 Å². The van der Waals surface area contributed by atoms with Crippen molar-refractivity contribution in [2.75, 3.05) is 27.2 Å². The van der Waals surface area contributed by atoms with Crippen LogP contribution in [0.25, 0.3) is 0 Å². The molecule has 0 atom stereocenters. The van der Waals surface area contributed by atoms with Crippen LogP contribution in [0.2, 0.25) is 10.0 Å². The van der Waals surface area contributed by atoms with Crippen LogP contribution in [-0.4, -0.2) is 32.1 Å². The van der Waals surface area contributed by atoms with Crippen molar-refractivity contribution in [3.63, 3.8) is 0 Å². The van der Waals surface area contributed by atoms with E-state index in [1.54, 1.807) is 6.07 Å². The Balaban J connectivity index is 0.00000288. The Kier molecular flexibility index (Phi) is 12.3. The van der Waals surface area contributed by atoms with Gasteiger partial charge in [0.15, 0.2) is 0 Å². The van der Waals surface area contributed by atoms with Crippen LogP contribution in [0.1, 0.15) is 11.1 Å². The molecule has 0 saturated carbocycles. The van der Waals surface area contributed by atoms with E-state index in [9.17, 15) is 0 Å². The zero-order chi connectivity index (χ0) is 16.7. The molecule has 0 spiro atoms. The lowest BCUT2D eigenvalue weighted by atomic mass is 10.2. The summed E-state index contributed by atoms with van der Waals surface area (Å²) in [6, 6.07) is 13.5. The maximum Gasteiger partial charge on any atom is 0.120 e. The molecule has 2 aromatic carbocycles. The first kappa shape index (κ1) is 24.3. The summed E-state index contributed by atoms with van der Waals surface area (Å²) in [5.41, 5.74) is 2.12. The smallest absolute Gasteiger partial charge is 0.120 e. The number of rotatable bonds is 8. The fourth-order valence-corrected chi connectivity index (χ4v) is 2.54. The first-order valence-corrected chi connectivity index (χ1v) is 8.31. The molecule has 0 amide bonds. The Morgan fingerprint density at radius 3 is 2.48 bits per heavy atom. The van der Waals surface area contributed by atoms with E-state index in [0.717, 1.165) is 30.9 Å². The van der Waals surface area contributed by atoms with Gasteiger partial charge in [0.2, 0.25) is 0 Å². The van der Waals surface area contributed by atoms with Gasteiger partial charge in [-0.1, -0.05) is 41.4 Å². The largest absolute Gasteiger partial charge is 0.489 e. The summed E-state index contributed by atoms with van der Waals surface area (Å²) in [5.74, 6) is 0.836. The molecule has 0 aliphatic rings. The van der Waals surface area contributed by atoms with Crippen LogP contribution < -0.4 is 10.1 Å². The molecule has 0 heterocycles. The van der Waals surface area contributed by atoms with Gasteiger partial charge in [-0.3, -0.25) is 0 Å². The molecule has 7 heteroatoms. The lowest BCUT2D eigenvalue weighted by Gasteiger charge is -2.12. The van der Waals surface area contributed by atoms with Crippen LogP contribution in [-0.2, 0) is 13.2 Å². The lowest BCUT2D eigenvalue weighted by Crippen LogP contribution is -2.26. The topological polar surface area (TPSA) is 24.5 Å². The standard InChI is InChI=1S/C18H22Cl2N2O.2ClH/c1-22(2)9-8-21-12-14-4-3-5-17(10-14)23-13-15-6-7-16(19)11-18(15)20;;/h3-7,10-11,21H,8-9,12-13H2,1-2H3;2*1H. The van der Waals surface area contributed by atoms with Crippen molar-refractivity contribution in [1.29, 1.82) is 0 Å². The Morgan fingerprint density at radius 1 is 1.04 bits per heavy atom. The third-order valence-electron chi connectivity index (χ3n) is 3.37. The van der Waals surface area contributed by atoms with Gasteiger partial charge in [-0.25, -0.2) is 0 Å². The zero-order valence-corrected chi connectivity index (χ0v) is 17.4. The predicted octanol–water partition coefficient (Wildman–Crippen LogP) is 5.07. The number of nitrogens with one attached hydrogen (secondary N) is 1. The first-order chi connectivity index (χ1) is 11.0. The monoisotopic (exact) mass is 424 g/mol. The van der Waals surface area contributed by atoms with E-state index in [2.05, 4.69) is 30.4 Å². The highest BCUT2D eigenvalue weighted by Crippen LogP contribution is 2.23. The molecule has 0 aromatic heterocycles. The molecule has 0 saturated heterocycles. The maximum absolute atomic E-state index is 6.16. The number of likely N-dealkylation sites (N-methyl/N-ethyl adjacent to an activating group) is 1. The molecular formula is C18H24Cl4N2O. The molecule has 0 unspecified atom stereocenters. The summed E-state index contributed by atoms with van der Waals surface area (Å²) >= 11 is 12.1. The van der Waals surface area contributed by atoms with Crippen molar-refractivity contribution in [2.45, 2.75) is 13.2 Å². The Bertz CT molecular complexity index is 638. The van der Waals surface area contributed by atoms with Gasteiger partial charge < -0.3 is 15.0 Å². The average Bonchev–Trinajstić information content (AvgIpc) is 2.51. The zero-order valence-electron chi connectivity index (χ0n) is 14.3. The number of nitrogens with zero attached hydrogens (tertiary/aromatic N) is 1. The van der Waals surface area contributed by atoms with Crippen LogP contribution in [0.15, 0.2) is 42.5 Å². The quantitative estimate of drug-likeness (QED) is 0.597. The van der Waals surface area contributed by atoms with E-state index in [1.807, 2.05) is 30.3 Å². The molecule has 0 fully saturated rings. The van der Waals surface area contributed by atoms with E-state index < -0.39 is 0 Å². The SMILES string of the molecule is CN(C)CCNCc1cccc(OCc2ccc(Cl)cc2Cl)c1.Cl.Cl. The molecule has 140 valence electrons. The Hall–Kier alpha value is -0.680. The fraction of sp³-hybridized carbons (Fsp3) is 0.333. The van der Waals surface area contributed by atoms with E-state index >= 15 is 0 Å². The first-order valence-electron chi connectivity index (χ1n) is 7.56. The van der Waals surface area contributed by atoms with Crippen molar-refractivity contribution in [1.82, 2.24) is 10.2 Å². The Labute approximate surface area is 172 Å². The van der Waals surface area contributed by atoms with E-state index in [-0.39, 0.29) is 24.8 Å². The van der Waals surface area contributed by atoms with Crippen LogP contribution in [0.4, 0.5) is 0 Å². The molecule has 0 bridgehead atoms. The van der Waals surface area contributed by atoms with Gasteiger partial charge in [-0.2, -0.15) is 0 Å². The highest BCUT2D eigenvalue weighted by Gasteiger charge is 2.03. The fourth-order valence-electron chi connectivity index (χ4n) is 2.08. The number of ether oxygens (including phenoxy) is 1. The average molecular weight is 426 g/mol. The molecule has 2 aromatic rings. The van der Waals surface area contributed by atoms with Crippen LogP contribution in [0.3, 0.4) is 0 Å². The van der Waals surface area contributed by atoms with Crippen molar-refractivity contribution in [3.8, 4) is 5.75 Å². The van der Waals surface area contributed by atoms with Crippen LogP contribution >= 0.6 is 48.0 Å². The molecular weight excluding hydrogens is 402 g/mol. The number of halogens is 4. The van der Waals surface area contributed by atoms with Crippen molar-refractivity contribution >= 4 is 48.0 Å². The maximum atomic E-state index is 6.16. The lowest BCUT2D eigenvalue weighted by molar-refractivity contribution is 0.306. The second-order valence-corrected chi connectivity index (χ2v) is 6.50. The summed E-state index contributed by atoms with van der Waals surface area (Å²) in [7, 11) is 4.13. The highest BCUT2D eigenvalue weighted by atomic mass is 35.5. The second-order valence-electron chi connectivity index (χ2n) is 5.65. The van der Waals surface area contributed by atoms with Crippen LogP contribution in [0, 0.1) is 0 Å². The summed E-state index contributed by atoms with van der Waals surface area (Å²) in [6.45, 7) is 3.23. The second kappa shape index (κ2) is 12.6. The van der Waals surface area contributed by atoms with Gasteiger partial charge >= 0.3 is 0 Å². The summed E-state index contributed by atoms with van der Waals surface area (Å²) in [6.07, 6.45) is 0.